The van der Waals surface area contributed by atoms with Gasteiger partial charge in [0.2, 0.25) is 0 Å². The zero-order valence-electron chi connectivity index (χ0n) is 9.34. The maximum Gasteiger partial charge on any atom is 0.285 e. The van der Waals surface area contributed by atoms with E-state index in [-0.39, 0.29) is 11.4 Å². The van der Waals surface area contributed by atoms with Crippen molar-refractivity contribution >= 4 is 15.9 Å². The molecule has 0 aliphatic heterocycles. The molecule has 90 valence electrons. The molecular formula is C12H12BrFN2O. The van der Waals surface area contributed by atoms with Gasteiger partial charge in [0.15, 0.2) is 0 Å². The van der Waals surface area contributed by atoms with Crippen LogP contribution in [-0.2, 0) is 6.42 Å². The fraction of sp³-hybridized carbons (Fsp3) is 0.250. The summed E-state index contributed by atoms with van der Waals surface area (Å²) in [5, 5.41) is 3.02. The van der Waals surface area contributed by atoms with Gasteiger partial charge in [-0.05, 0) is 46.6 Å². The molecule has 0 saturated carbocycles. The van der Waals surface area contributed by atoms with Gasteiger partial charge in [-0.15, -0.1) is 0 Å². The maximum atomic E-state index is 12.8. The van der Waals surface area contributed by atoms with Crippen molar-refractivity contribution in [3.05, 3.63) is 50.6 Å². The molecule has 2 aromatic rings. The first-order chi connectivity index (χ1) is 8.13. The second-order valence-corrected chi connectivity index (χ2v) is 4.56. The summed E-state index contributed by atoms with van der Waals surface area (Å²) in [6, 6.07) is 5.79. The fourth-order valence-electron chi connectivity index (χ4n) is 1.65. The average molecular weight is 299 g/mol. The maximum absolute atomic E-state index is 12.8. The Hall–Kier alpha value is -1.36. The summed E-state index contributed by atoms with van der Waals surface area (Å²) in [4.78, 5) is 11.9. The van der Waals surface area contributed by atoms with Gasteiger partial charge in [0.1, 0.15) is 10.3 Å². The van der Waals surface area contributed by atoms with Gasteiger partial charge in [-0.1, -0.05) is 13.3 Å². The molecule has 0 fully saturated rings. The lowest BCUT2D eigenvalue weighted by Gasteiger charge is -2.01. The van der Waals surface area contributed by atoms with E-state index in [0.717, 1.165) is 18.5 Å². The minimum Gasteiger partial charge on any atom is -0.294 e. The number of nitrogens with zero attached hydrogens (tertiary/aromatic N) is 1. The summed E-state index contributed by atoms with van der Waals surface area (Å²) in [7, 11) is 0. The van der Waals surface area contributed by atoms with Crippen LogP contribution < -0.4 is 5.56 Å². The van der Waals surface area contributed by atoms with E-state index in [1.165, 1.54) is 16.8 Å². The minimum absolute atomic E-state index is 0.153. The van der Waals surface area contributed by atoms with E-state index >= 15 is 0 Å². The number of nitrogens with one attached hydrogen (secondary N) is 1. The molecule has 1 N–H and O–H groups in total. The lowest BCUT2D eigenvalue weighted by atomic mass is 10.3. The van der Waals surface area contributed by atoms with E-state index in [2.05, 4.69) is 21.0 Å². The number of H-pyrrole nitrogens is 1. The van der Waals surface area contributed by atoms with Crippen LogP contribution in [0.25, 0.3) is 5.69 Å². The molecule has 1 aromatic carbocycles. The highest BCUT2D eigenvalue weighted by atomic mass is 79.9. The zero-order chi connectivity index (χ0) is 12.4. The van der Waals surface area contributed by atoms with Gasteiger partial charge in [-0.3, -0.25) is 9.89 Å². The molecule has 5 heteroatoms. The van der Waals surface area contributed by atoms with Crippen LogP contribution in [0, 0.1) is 5.82 Å². The Morgan fingerprint density at radius 1 is 1.35 bits per heavy atom. The minimum atomic E-state index is -0.318. The molecule has 2 rings (SSSR count). The highest BCUT2D eigenvalue weighted by molar-refractivity contribution is 9.10. The van der Waals surface area contributed by atoms with Gasteiger partial charge in [0.25, 0.3) is 5.56 Å². The molecule has 0 spiro atoms. The second-order valence-electron chi connectivity index (χ2n) is 3.77. The number of aromatic nitrogens is 2. The van der Waals surface area contributed by atoms with Crippen LogP contribution in [0.1, 0.15) is 19.0 Å². The smallest absolute Gasteiger partial charge is 0.285 e. The number of hydrogen-bond donors (Lipinski definition) is 1. The van der Waals surface area contributed by atoms with Crippen molar-refractivity contribution in [3.63, 3.8) is 0 Å². The van der Waals surface area contributed by atoms with Crippen molar-refractivity contribution in [1.29, 1.82) is 0 Å². The number of halogens is 2. The molecule has 0 bridgehead atoms. The normalized spacial score (nSPS) is 10.8. The van der Waals surface area contributed by atoms with E-state index in [0.29, 0.717) is 10.2 Å². The number of aryl methyl sites for hydroxylation is 1. The largest absolute Gasteiger partial charge is 0.294 e. The van der Waals surface area contributed by atoms with Crippen molar-refractivity contribution in [1.82, 2.24) is 9.78 Å². The van der Waals surface area contributed by atoms with Crippen LogP contribution in [0.3, 0.4) is 0 Å². The van der Waals surface area contributed by atoms with Gasteiger partial charge < -0.3 is 0 Å². The molecule has 17 heavy (non-hydrogen) atoms. The number of aromatic amines is 1. The van der Waals surface area contributed by atoms with Gasteiger partial charge in [-0.25, -0.2) is 9.07 Å². The molecule has 0 amide bonds. The molecule has 0 saturated heterocycles. The third-order valence-electron chi connectivity index (χ3n) is 2.49. The first-order valence-corrected chi connectivity index (χ1v) is 6.18. The Kier molecular flexibility index (Phi) is 3.47. The van der Waals surface area contributed by atoms with Crippen LogP contribution in [0.15, 0.2) is 33.5 Å². The Morgan fingerprint density at radius 2 is 2.00 bits per heavy atom. The molecule has 0 radical (unpaired) electrons. The molecule has 0 aliphatic carbocycles. The average Bonchev–Trinajstić information content (AvgIpc) is 2.59. The van der Waals surface area contributed by atoms with Crippen molar-refractivity contribution in [2.24, 2.45) is 0 Å². The Balaban J connectivity index is 2.49. The van der Waals surface area contributed by atoms with Gasteiger partial charge >= 0.3 is 0 Å². The zero-order valence-corrected chi connectivity index (χ0v) is 10.9. The van der Waals surface area contributed by atoms with Crippen LogP contribution in [0.5, 0.6) is 0 Å². The first-order valence-electron chi connectivity index (χ1n) is 5.38. The van der Waals surface area contributed by atoms with E-state index in [9.17, 15) is 9.18 Å². The van der Waals surface area contributed by atoms with E-state index < -0.39 is 0 Å². The van der Waals surface area contributed by atoms with Crippen molar-refractivity contribution < 1.29 is 4.39 Å². The van der Waals surface area contributed by atoms with Crippen molar-refractivity contribution in [2.45, 2.75) is 19.8 Å². The fourth-order valence-corrected chi connectivity index (χ4v) is 2.11. The lowest BCUT2D eigenvalue weighted by Crippen LogP contribution is -2.14. The van der Waals surface area contributed by atoms with Gasteiger partial charge in [0, 0.05) is 0 Å². The monoisotopic (exact) mass is 298 g/mol. The summed E-state index contributed by atoms with van der Waals surface area (Å²) in [6.45, 7) is 2.04. The van der Waals surface area contributed by atoms with E-state index in [1.54, 1.807) is 12.1 Å². The summed E-state index contributed by atoms with van der Waals surface area (Å²) < 4.78 is 14.8. The Morgan fingerprint density at radius 3 is 2.59 bits per heavy atom. The van der Waals surface area contributed by atoms with Crippen LogP contribution in [0.4, 0.5) is 4.39 Å². The first kappa shape index (κ1) is 12.1. The number of benzene rings is 1. The van der Waals surface area contributed by atoms with Crippen LogP contribution in [0.2, 0.25) is 0 Å². The standard InChI is InChI=1S/C12H12BrFN2O/c1-2-3-10-11(13)12(17)16(15-10)9-6-4-8(14)5-7-9/h4-7,15H,2-3H2,1H3. The van der Waals surface area contributed by atoms with E-state index in [4.69, 9.17) is 0 Å². The molecular weight excluding hydrogens is 287 g/mol. The molecule has 0 atom stereocenters. The van der Waals surface area contributed by atoms with Crippen molar-refractivity contribution in [2.75, 3.05) is 0 Å². The Labute approximate surface area is 106 Å². The molecule has 0 aliphatic rings. The summed E-state index contributed by atoms with van der Waals surface area (Å²) in [5.74, 6) is -0.318. The van der Waals surface area contributed by atoms with Gasteiger partial charge in [-0.2, -0.15) is 0 Å². The molecule has 3 nitrogen and oxygen atoms in total. The SMILES string of the molecule is CCCc1[nH]n(-c2ccc(F)cc2)c(=O)c1Br. The Bertz CT molecular complexity index is 571. The number of rotatable bonds is 3. The predicted octanol–water partition coefficient (Wildman–Crippen LogP) is 3.02. The lowest BCUT2D eigenvalue weighted by molar-refractivity contribution is 0.626. The van der Waals surface area contributed by atoms with Crippen LogP contribution >= 0.6 is 15.9 Å². The highest BCUT2D eigenvalue weighted by Crippen LogP contribution is 2.14. The second kappa shape index (κ2) is 4.87. The van der Waals surface area contributed by atoms with Crippen LogP contribution in [-0.4, -0.2) is 9.78 Å². The summed E-state index contributed by atoms with van der Waals surface area (Å²) >= 11 is 3.28. The topological polar surface area (TPSA) is 37.8 Å². The third-order valence-corrected chi connectivity index (χ3v) is 3.31. The highest BCUT2D eigenvalue weighted by Gasteiger charge is 2.11. The molecule has 1 aromatic heterocycles. The molecule has 1 heterocycles. The van der Waals surface area contributed by atoms with E-state index in [1.807, 2.05) is 6.92 Å². The number of hydrogen-bond acceptors (Lipinski definition) is 1. The van der Waals surface area contributed by atoms with Gasteiger partial charge in [0.05, 0.1) is 11.4 Å². The summed E-state index contributed by atoms with van der Waals surface area (Å²) in [5.41, 5.74) is 1.33. The molecule has 0 unspecified atom stereocenters. The summed E-state index contributed by atoms with van der Waals surface area (Å²) in [6.07, 6.45) is 1.74. The van der Waals surface area contributed by atoms with Crippen molar-refractivity contribution in [3.8, 4) is 5.69 Å². The predicted molar refractivity (Wildman–Crippen MR) is 68.0 cm³/mol. The third kappa shape index (κ3) is 2.34. The quantitative estimate of drug-likeness (QED) is 0.929.